The maximum absolute atomic E-state index is 6.91. The van der Waals surface area contributed by atoms with Crippen molar-refractivity contribution in [3.8, 4) is 0 Å². The Bertz CT molecular complexity index is 934. The molecule has 3 heteroatoms. The Hall–Kier alpha value is -2.36. The average molecular weight is 373 g/mol. The third-order valence-corrected chi connectivity index (χ3v) is 6.35. The molecule has 2 aliphatic heterocycles. The molecule has 28 heavy (non-hydrogen) atoms. The molecular weight excluding hydrogens is 344 g/mol. The monoisotopic (exact) mass is 372 g/mol. The quantitative estimate of drug-likeness (QED) is 0.683. The summed E-state index contributed by atoms with van der Waals surface area (Å²) in [6, 6.07) is 19.9. The van der Waals surface area contributed by atoms with Gasteiger partial charge in [-0.05, 0) is 54.1 Å². The number of fused-ring (bicyclic) bond motifs is 2. The summed E-state index contributed by atoms with van der Waals surface area (Å²) in [6.45, 7) is 5.31. The number of aromatic nitrogens is 1. The highest BCUT2D eigenvalue weighted by atomic mass is 16.5. The maximum Gasteiger partial charge on any atom is 0.111 e. The van der Waals surface area contributed by atoms with Crippen molar-refractivity contribution in [2.45, 2.75) is 44.4 Å². The molecule has 1 N–H and O–H groups in total. The van der Waals surface area contributed by atoms with Crippen molar-refractivity contribution in [2.75, 3.05) is 13.1 Å². The standard InChI is InChI=1S/C25H28N2O/c1-2-19-9-10-23-22(15-19)24(21-11-13-26-16-21)28-25(23)12-6-14-27(18-25)17-20-7-4-3-5-8-20/h3-5,7-11,13,15-16,24,26H,2,6,12,14,17-18H2,1H3. The molecule has 2 aromatic carbocycles. The lowest BCUT2D eigenvalue weighted by atomic mass is 9.83. The lowest BCUT2D eigenvalue weighted by Crippen LogP contribution is -2.45. The van der Waals surface area contributed by atoms with Crippen LogP contribution < -0.4 is 0 Å². The Morgan fingerprint density at radius 1 is 1.11 bits per heavy atom. The molecule has 3 aromatic rings. The van der Waals surface area contributed by atoms with Gasteiger partial charge in [-0.3, -0.25) is 4.90 Å². The summed E-state index contributed by atoms with van der Waals surface area (Å²) in [4.78, 5) is 5.77. The molecule has 1 aromatic heterocycles. The lowest BCUT2D eigenvalue weighted by Gasteiger charge is -2.41. The van der Waals surface area contributed by atoms with Crippen molar-refractivity contribution in [1.29, 1.82) is 0 Å². The van der Waals surface area contributed by atoms with E-state index in [9.17, 15) is 0 Å². The van der Waals surface area contributed by atoms with Crippen LogP contribution in [0.5, 0.6) is 0 Å². The summed E-state index contributed by atoms with van der Waals surface area (Å²) in [5.41, 5.74) is 6.55. The number of aromatic amines is 1. The van der Waals surface area contributed by atoms with Gasteiger partial charge in [0, 0.05) is 31.0 Å². The normalized spacial score (nSPS) is 24.5. The number of likely N-dealkylation sites (tertiary alicyclic amines) is 1. The molecule has 2 aliphatic rings. The van der Waals surface area contributed by atoms with Crippen molar-refractivity contribution in [3.05, 3.63) is 94.8 Å². The predicted octanol–water partition coefficient (Wildman–Crippen LogP) is 5.19. The van der Waals surface area contributed by atoms with E-state index in [4.69, 9.17) is 4.74 Å². The number of H-pyrrole nitrogens is 1. The van der Waals surface area contributed by atoms with Gasteiger partial charge in [-0.25, -0.2) is 0 Å². The van der Waals surface area contributed by atoms with Gasteiger partial charge >= 0.3 is 0 Å². The van der Waals surface area contributed by atoms with Crippen LogP contribution in [0.3, 0.4) is 0 Å². The molecule has 144 valence electrons. The van der Waals surface area contributed by atoms with Gasteiger partial charge in [0.1, 0.15) is 11.7 Å². The zero-order valence-corrected chi connectivity index (χ0v) is 16.5. The number of benzene rings is 2. The molecular formula is C25H28N2O. The van der Waals surface area contributed by atoms with E-state index in [1.54, 1.807) is 0 Å². The van der Waals surface area contributed by atoms with Gasteiger partial charge in [-0.2, -0.15) is 0 Å². The largest absolute Gasteiger partial charge is 0.367 e. The first-order chi connectivity index (χ1) is 13.8. The zero-order chi connectivity index (χ0) is 19.0. The highest BCUT2D eigenvalue weighted by Crippen LogP contribution is 2.50. The summed E-state index contributed by atoms with van der Waals surface area (Å²) >= 11 is 0. The first-order valence-electron chi connectivity index (χ1n) is 10.5. The molecule has 0 aliphatic carbocycles. The highest BCUT2D eigenvalue weighted by molar-refractivity contribution is 5.46. The van der Waals surface area contributed by atoms with Crippen molar-refractivity contribution in [1.82, 2.24) is 9.88 Å². The van der Waals surface area contributed by atoms with E-state index in [1.165, 1.54) is 34.2 Å². The van der Waals surface area contributed by atoms with Crippen LogP contribution in [0.2, 0.25) is 0 Å². The molecule has 1 spiro atoms. The Morgan fingerprint density at radius 3 is 2.79 bits per heavy atom. The average Bonchev–Trinajstić information content (AvgIpc) is 3.36. The Labute approximate surface area is 167 Å². The SMILES string of the molecule is CCc1ccc2c(c1)C(c1cc[nH]c1)OC21CCCN(Cc2ccccc2)C1. The summed E-state index contributed by atoms with van der Waals surface area (Å²) < 4.78 is 6.91. The van der Waals surface area contributed by atoms with E-state index < -0.39 is 0 Å². The first kappa shape index (κ1) is 17.7. The Morgan fingerprint density at radius 2 is 2.00 bits per heavy atom. The van der Waals surface area contributed by atoms with E-state index in [-0.39, 0.29) is 11.7 Å². The number of hydrogen-bond donors (Lipinski definition) is 1. The van der Waals surface area contributed by atoms with Gasteiger partial charge in [0.25, 0.3) is 0 Å². The summed E-state index contributed by atoms with van der Waals surface area (Å²) in [5.74, 6) is 0. The van der Waals surface area contributed by atoms with Crippen LogP contribution in [0.4, 0.5) is 0 Å². The van der Waals surface area contributed by atoms with Gasteiger partial charge in [0.2, 0.25) is 0 Å². The van der Waals surface area contributed by atoms with E-state index >= 15 is 0 Å². The van der Waals surface area contributed by atoms with Gasteiger partial charge < -0.3 is 9.72 Å². The van der Waals surface area contributed by atoms with Crippen molar-refractivity contribution in [3.63, 3.8) is 0 Å². The number of aryl methyl sites for hydroxylation is 1. The number of nitrogens with zero attached hydrogens (tertiary/aromatic N) is 1. The van der Waals surface area contributed by atoms with Crippen molar-refractivity contribution in [2.24, 2.45) is 0 Å². The third-order valence-electron chi connectivity index (χ3n) is 6.35. The van der Waals surface area contributed by atoms with Crippen LogP contribution in [-0.4, -0.2) is 23.0 Å². The second kappa shape index (κ2) is 7.23. The fourth-order valence-corrected chi connectivity index (χ4v) is 4.96. The van der Waals surface area contributed by atoms with E-state index in [0.29, 0.717) is 0 Å². The van der Waals surface area contributed by atoms with Crippen LogP contribution in [0, 0.1) is 0 Å². The third kappa shape index (κ3) is 3.09. The molecule has 1 saturated heterocycles. The van der Waals surface area contributed by atoms with Crippen LogP contribution in [0.25, 0.3) is 0 Å². The molecule has 0 radical (unpaired) electrons. The molecule has 2 unspecified atom stereocenters. The number of hydrogen-bond acceptors (Lipinski definition) is 2. The van der Waals surface area contributed by atoms with E-state index in [1.807, 2.05) is 6.20 Å². The Balaban J connectivity index is 1.49. The highest BCUT2D eigenvalue weighted by Gasteiger charge is 2.47. The van der Waals surface area contributed by atoms with E-state index in [2.05, 4.69) is 77.6 Å². The molecule has 5 rings (SSSR count). The van der Waals surface area contributed by atoms with Gasteiger partial charge in [0.05, 0.1) is 0 Å². The van der Waals surface area contributed by atoms with Crippen LogP contribution in [-0.2, 0) is 23.3 Å². The fraction of sp³-hybridized carbons (Fsp3) is 0.360. The van der Waals surface area contributed by atoms with Crippen LogP contribution in [0.1, 0.15) is 53.7 Å². The number of piperidine rings is 1. The van der Waals surface area contributed by atoms with Crippen molar-refractivity contribution >= 4 is 0 Å². The van der Waals surface area contributed by atoms with E-state index in [0.717, 1.165) is 32.5 Å². The summed E-state index contributed by atoms with van der Waals surface area (Å²) in [5, 5.41) is 0. The second-order valence-electron chi connectivity index (χ2n) is 8.21. The Kier molecular flexibility index (Phi) is 4.58. The molecule has 3 heterocycles. The predicted molar refractivity (Wildman–Crippen MR) is 112 cm³/mol. The molecule has 1 fully saturated rings. The molecule has 2 atom stereocenters. The zero-order valence-electron chi connectivity index (χ0n) is 16.5. The molecule has 3 nitrogen and oxygen atoms in total. The summed E-state index contributed by atoms with van der Waals surface area (Å²) in [7, 11) is 0. The minimum absolute atomic E-state index is 0.0319. The van der Waals surface area contributed by atoms with Crippen LogP contribution >= 0.6 is 0 Å². The summed E-state index contributed by atoms with van der Waals surface area (Å²) in [6.07, 6.45) is 7.43. The minimum atomic E-state index is -0.198. The second-order valence-corrected chi connectivity index (χ2v) is 8.21. The fourth-order valence-electron chi connectivity index (χ4n) is 4.96. The minimum Gasteiger partial charge on any atom is -0.367 e. The molecule has 0 bridgehead atoms. The van der Waals surface area contributed by atoms with Crippen LogP contribution in [0.15, 0.2) is 67.0 Å². The lowest BCUT2D eigenvalue weighted by molar-refractivity contribution is -0.104. The van der Waals surface area contributed by atoms with Crippen molar-refractivity contribution < 1.29 is 4.74 Å². The number of rotatable bonds is 4. The topological polar surface area (TPSA) is 28.3 Å². The smallest absolute Gasteiger partial charge is 0.111 e. The van der Waals surface area contributed by atoms with Gasteiger partial charge in [-0.15, -0.1) is 0 Å². The number of ether oxygens (including phenoxy) is 1. The molecule has 0 saturated carbocycles. The molecule has 0 amide bonds. The number of nitrogens with one attached hydrogen (secondary N) is 1. The van der Waals surface area contributed by atoms with Gasteiger partial charge in [-0.1, -0.05) is 55.5 Å². The van der Waals surface area contributed by atoms with Gasteiger partial charge in [0.15, 0.2) is 0 Å². The maximum atomic E-state index is 6.91. The first-order valence-corrected chi connectivity index (χ1v) is 10.5.